The molecule has 0 saturated carbocycles. The average Bonchev–Trinajstić information content (AvgIpc) is 3.12. The van der Waals surface area contributed by atoms with Crippen molar-refractivity contribution in [2.75, 3.05) is 7.11 Å². The SMILES string of the molecule is COC(=O)c1nc(-c2ccc3ccccc3n2)c2[nH]c3cc(F)ccc3c2c1C. The molecule has 0 radical (unpaired) electrons. The van der Waals surface area contributed by atoms with Crippen LogP contribution in [0.1, 0.15) is 16.1 Å². The number of para-hydroxylation sites is 1. The molecule has 0 amide bonds. The molecule has 5 aromatic rings. The first-order chi connectivity index (χ1) is 14.1. The average molecular weight is 385 g/mol. The lowest BCUT2D eigenvalue weighted by Gasteiger charge is -2.10. The van der Waals surface area contributed by atoms with Gasteiger partial charge >= 0.3 is 5.97 Å². The number of carbonyl (C=O) groups excluding carboxylic acids is 1. The van der Waals surface area contributed by atoms with E-state index in [1.807, 2.05) is 43.3 Å². The molecule has 5 rings (SSSR count). The van der Waals surface area contributed by atoms with Crippen LogP contribution in [0.25, 0.3) is 44.1 Å². The summed E-state index contributed by atoms with van der Waals surface area (Å²) in [5.74, 6) is -0.865. The Bertz CT molecular complexity index is 1440. The molecular formula is C23H16FN3O2. The molecule has 0 aliphatic carbocycles. The summed E-state index contributed by atoms with van der Waals surface area (Å²) in [4.78, 5) is 25.0. The zero-order valence-corrected chi connectivity index (χ0v) is 15.8. The van der Waals surface area contributed by atoms with Crippen molar-refractivity contribution in [3.63, 3.8) is 0 Å². The van der Waals surface area contributed by atoms with Gasteiger partial charge in [-0.3, -0.25) is 0 Å². The fourth-order valence-electron chi connectivity index (χ4n) is 3.79. The maximum atomic E-state index is 13.8. The second-order valence-electron chi connectivity index (χ2n) is 6.88. The maximum absolute atomic E-state index is 13.8. The smallest absolute Gasteiger partial charge is 0.356 e. The summed E-state index contributed by atoms with van der Waals surface area (Å²) in [6.45, 7) is 1.82. The van der Waals surface area contributed by atoms with Crippen molar-refractivity contribution in [3.05, 3.63) is 71.7 Å². The van der Waals surface area contributed by atoms with E-state index in [2.05, 4.69) is 9.97 Å². The van der Waals surface area contributed by atoms with E-state index in [4.69, 9.17) is 9.72 Å². The monoisotopic (exact) mass is 385 g/mol. The number of aromatic nitrogens is 3. The molecule has 0 bridgehead atoms. The van der Waals surface area contributed by atoms with Crippen LogP contribution in [0.5, 0.6) is 0 Å². The summed E-state index contributed by atoms with van der Waals surface area (Å²) in [7, 11) is 1.33. The van der Waals surface area contributed by atoms with E-state index in [-0.39, 0.29) is 11.5 Å². The van der Waals surface area contributed by atoms with Crippen LogP contribution in [-0.4, -0.2) is 28.0 Å². The zero-order valence-electron chi connectivity index (χ0n) is 15.8. The van der Waals surface area contributed by atoms with Crippen molar-refractivity contribution >= 4 is 38.7 Å². The first-order valence-electron chi connectivity index (χ1n) is 9.13. The van der Waals surface area contributed by atoms with E-state index in [0.29, 0.717) is 28.0 Å². The predicted molar refractivity (Wildman–Crippen MR) is 110 cm³/mol. The maximum Gasteiger partial charge on any atom is 0.356 e. The highest BCUT2D eigenvalue weighted by atomic mass is 19.1. The molecule has 3 heterocycles. The lowest BCUT2D eigenvalue weighted by molar-refractivity contribution is 0.0593. The van der Waals surface area contributed by atoms with Gasteiger partial charge in [0, 0.05) is 21.7 Å². The standard InChI is InChI=1S/C23H16FN3O2/c1-12-19-15-9-8-14(24)11-18(15)26-22(19)21(27-20(12)23(28)29-2)17-10-7-13-5-3-4-6-16(13)25-17/h3-11,26H,1-2H3. The second kappa shape index (κ2) is 6.38. The van der Waals surface area contributed by atoms with Gasteiger partial charge in [0.1, 0.15) is 11.5 Å². The Balaban J connectivity index is 1.91. The van der Waals surface area contributed by atoms with Gasteiger partial charge in [-0.15, -0.1) is 0 Å². The topological polar surface area (TPSA) is 67.9 Å². The molecule has 29 heavy (non-hydrogen) atoms. The summed E-state index contributed by atoms with van der Waals surface area (Å²) < 4.78 is 18.7. The van der Waals surface area contributed by atoms with Crippen molar-refractivity contribution < 1.29 is 13.9 Å². The number of esters is 1. The van der Waals surface area contributed by atoms with Crippen molar-refractivity contribution in [1.29, 1.82) is 0 Å². The number of fused-ring (bicyclic) bond motifs is 4. The molecule has 0 unspecified atom stereocenters. The van der Waals surface area contributed by atoms with Crippen molar-refractivity contribution in [3.8, 4) is 11.4 Å². The molecule has 6 heteroatoms. The number of aromatic amines is 1. The van der Waals surface area contributed by atoms with Gasteiger partial charge < -0.3 is 9.72 Å². The fourth-order valence-corrected chi connectivity index (χ4v) is 3.79. The van der Waals surface area contributed by atoms with Crippen LogP contribution in [0.15, 0.2) is 54.6 Å². The third-order valence-electron chi connectivity index (χ3n) is 5.17. The summed E-state index contributed by atoms with van der Waals surface area (Å²) in [5.41, 5.74) is 4.19. The van der Waals surface area contributed by atoms with Crippen LogP contribution in [-0.2, 0) is 4.74 Å². The fraction of sp³-hybridized carbons (Fsp3) is 0.0870. The summed E-state index contributed by atoms with van der Waals surface area (Å²) in [6.07, 6.45) is 0. The predicted octanol–water partition coefficient (Wildman–Crippen LogP) is 5.17. The summed E-state index contributed by atoms with van der Waals surface area (Å²) in [6, 6.07) is 16.1. The van der Waals surface area contributed by atoms with E-state index in [1.54, 1.807) is 6.07 Å². The number of ether oxygens (including phenoxy) is 1. The Labute approximate surface area is 165 Å². The minimum absolute atomic E-state index is 0.218. The minimum atomic E-state index is -0.525. The van der Waals surface area contributed by atoms with Crippen LogP contribution in [0, 0.1) is 12.7 Å². The lowest BCUT2D eigenvalue weighted by atomic mass is 10.0. The van der Waals surface area contributed by atoms with Gasteiger partial charge in [0.15, 0.2) is 5.69 Å². The number of benzene rings is 2. The van der Waals surface area contributed by atoms with Crippen LogP contribution in [0.4, 0.5) is 4.39 Å². The Morgan fingerprint density at radius 3 is 2.72 bits per heavy atom. The highest BCUT2D eigenvalue weighted by Crippen LogP contribution is 2.35. The lowest BCUT2D eigenvalue weighted by Crippen LogP contribution is -2.08. The van der Waals surface area contributed by atoms with Crippen molar-refractivity contribution in [1.82, 2.24) is 15.0 Å². The highest BCUT2D eigenvalue weighted by molar-refractivity contribution is 6.14. The van der Waals surface area contributed by atoms with Crippen LogP contribution >= 0.6 is 0 Å². The van der Waals surface area contributed by atoms with Gasteiger partial charge in [-0.05, 0) is 42.8 Å². The first-order valence-corrected chi connectivity index (χ1v) is 9.13. The molecular weight excluding hydrogens is 369 g/mol. The number of nitrogens with one attached hydrogen (secondary N) is 1. The van der Waals surface area contributed by atoms with E-state index < -0.39 is 5.97 Å². The molecule has 142 valence electrons. The minimum Gasteiger partial charge on any atom is -0.464 e. The van der Waals surface area contributed by atoms with E-state index >= 15 is 0 Å². The van der Waals surface area contributed by atoms with Gasteiger partial charge in [-0.1, -0.05) is 24.3 Å². The molecule has 0 spiro atoms. The van der Waals surface area contributed by atoms with E-state index in [1.165, 1.54) is 19.2 Å². The van der Waals surface area contributed by atoms with Gasteiger partial charge in [0.05, 0.1) is 23.8 Å². The van der Waals surface area contributed by atoms with Gasteiger partial charge in [-0.2, -0.15) is 0 Å². The molecule has 0 aliphatic rings. The number of aryl methyl sites for hydroxylation is 1. The van der Waals surface area contributed by atoms with Gasteiger partial charge in [0.25, 0.3) is 0 Å². The number of methoxy groups -OCH3 is 1. The summed E-state index contributed by atoms with van der Waals surface area (Å²) >= 11 is 0. The van der Waals surface area contributed by atoms with Crippen LogP contribution in [0.2, 0.25) is 0 Å². The quantitative estimate of drug-likeness (QED) is 0.426. The number of H-pyrrole nitrogens is 1. The Morgan fingerprint density at radius 2 is 1.90 bits per heavy atom. The van der Waals surface area contributed by atoms with Gasteiger partial charge in [-0.25, -0.2) is 19.2 Å². The Hall–Kier alpha value is -3.80. The first kappa shape index (κ1) is 17.3. The second-order valence-corrected chi connectivity index (χ2v) is 6.88. The van der Waals surface area contributed by atoms with E-state index in [9.17, 15) is 9.18 Å². The highest BCUT2D eigenvalue weighted by Gasteiger charge is 2.22. The molecule has 1 N–H and O–H groups in total. The van der Waals surface area contributed by atoms with Crippen LogP contribution < -0.4 is 0 Å². The van der Waals surface area contributed by atoms with E-state index in [0.717, 1.165) is 21.7 Å². The van der Waals surface area contributed by atoms with Crippen molar-refractivity contribution in [2.24, 2.45) is 0 Å². The molecule has 5 nitrogen and oxygen atoms in total. The van der Waals surface area contributed by atoms with Crippen molar-refractivity contribution in [2.45, 2.75) is 6.92 Å². The summed E-state index contributed by atoms with van der Waals surface area (Å²) in [5, 5.41) is 2.63. The number of carbonyl (C=O) groups is 1. The van der Waals surface area contributed by atoms with Crippen LogP contribution in [0.3, 0.4) is 0 Å². The molecule has 0 aliphatic heterocycles. The largest absolute Gasteiger partial charge is 0.464 e. The number of hydrogen-bond donors (Lipinski definition) is 1. The normalized spacial score (nSPS) is 11.4. The molecule has 2 aromatic carbocycles. The Kier molecular flexibility index (Phi) is 3.81. The third kappa shape index (κ3) is 2.64. The number of halogens is 1. The number of nitrogens with zero attached hydrogens (tertiary/aromatic N) is 2. The number of rotatable bonds is 2. The number of hydrogen-bond acceptors (Lipinski definition) is 4. The Morgan fingerprint density at radius 1 is 1.07 bits per heavy atom. The molecule has 0 atom stereocenters. The third-order valence-corrected chi connectivity index (χ3v) is 5.17. The molecule has 0 fully saturated rings. The number of pyridine rings is 2. The molecule has 0 saturated heterocycles. The zero-order chi connectivity index (χ0) is 20.1. The van der Waals surface area contributed by atoms with Gasteiger partial charge in [0.2, 0.25) is 0 Å². The molecule has 3 aromatic heterocycles.